The van der Waals surface area contributed by atoms with E-state index in [0.29, 0.717) is 0 Å². The minimum absolute atomic E-state index is 0. The van der Waals surface area contributed by atoms with Crippen molar-refractivity contribution in [1.82, 2.24) is 0 Å². The highest BCUT2D eigenvalue weighted by Gasteiger charge is 2.25. The van der Waals surface area contributed by atoms with Crippen LogP contribution in [0, 0.1) is 5.82 Å². The van der Waals surface area contributed by atoms with E-state index >= 15 is 0 Å². The van der Waals surface area contributed by atoms with Gasteiger partial charge in [0.25, 0.3) is 5.91 Å². The number of carbonyl (C=O) groups is 3. The highest BCUT2D eigenvalue weighted by Crippen LogP contribution is 2.25. The fourth-order valence-electron chi connectivity index (χ4n) is 2.15. The van der Waals surface area contributed by atoms with Gasteiger partial charge in [0.2, 0.25) is 0 Å². The lowest BCUT2D eigenvalue weighted by molar-refractivity contribution is -0.146. The molecule has 0 spiro atoms. The summed E-state index contributed by atoms with van der Waals surface area (Å²) in [7, 11) is 0. The molecule has 0 aliphatic heterocycles. The third-order valence-electron chi connectivity index (χ3n) is 3.43. The summed E-state index contributed by atoms with van der Waals surface area (Å²) in [5.74, 6) is -3.15. The monoisotopic (exact) mass is 458 g/mol. The molecule has 1 atom stereocenters. The molecule has 0 fully saturated rings. The summed E-state index contributed by atoms with van der Waals surface area (Å²) in [5, 5.41) is 2.60. The van der Waals surface area contributed by atoms with Gasteiger partial charge in [-0.3, -0.25) is 9.59 Å². The number of hydrogen-bond donors (Lipinski definition) is 2. The molecule has 0 aliphatic rings. The van der Waals surface area contributed by atoms with Gasteiger partial charge in [0.15, 0.2) is 11.8 Å². The Labute approximate surface area is 170 Å². The van der Waals surface area contributed by atoms with Crippen LogP contribution in [0.2, 0.25) is 5.02 Å². The third kappa shape index (κ3) is 5.59. The second kappa shape index (κ2) is 10.1. The van der Waals surface area contributed by atoms with Crippen LogP contribution in [0.4, 0.5) is 10.1 Å². The Morgan fingerprint density at radius 3 is 2.48 bits per heavy atom. The average molecular weight is 460 g/mol. The van der Waals surface area contributed by atoms with Crippen molar-refractivity contribution in [1.29, 1.82) is 0 Å². The number of halogens is 3. The van der Waals surface area contributed by atoms with Crippen LogP contribution in [-0.4, -0.2) is 30.3 Å². The van der Waals surface area contributed by atoms with Gasteiger partial charge >= 0.3 is 5.97 Å². The normalized spacial score (nSPS) is 11.1. The molecule has 1 unspecified atom stereocenters. The predicted octanol–water partition coefficient (Wildman–Crippen LogP) is 3.12. The smallest absolute Gasteiger partial charge is 0.332 e. The Kier molecular flexibility index (Phi) is 8.55. The number of nitrogens with one attached hydrogen (secondary N) is 1. The Bertz CT molecular complexity index is 863. The fourth-order valence-corrected chi connectivity index (χ4v) is 2.33. The van der Waals surface area contributed by atoms with Gasteiger partial charge < -0.3 is 15.8 Å². The van der Waals surface area contributed by atoms with Crippen LogP contribution in [0.3, 0.4) is 0 Å². The first-order chi connectivity index (χ1) is 12.3. The van der Waals surface area contributed by atoms with Crippen molar-refractivity contribution < 1.29 is 23.5 Å². The van der Waals surface area contributed by atoms with E-state index in [4.69, 9.17) is 17.3 Å². The van der Waals surface area contributed by atoms with Crippen LogP contribution in [0.1, 0.15) is 22.8 Å². The third-order valence-corrected chi connectivity index (χ3v) is 3.66. The largest absolute Gasteiger partial charge is 0.464 e. The highest BCUT2D eigenvalue weighted by molar-refractivity contribution is 8.93. The zero-order valence-electron chi connectivity index (χ0n) is 14.2. The van der Waals surface area contributed by atoms with Crippen molar-refractivity contribution in [3.8, 4) is 0 Å². The van der Waals surface area contributed by atoms with Gasteiger partial charge in [0.1, 0.15) is 5.82 Å². The van der Waals surface area contributed by atoms with Gasteiger partial charge in [0.05, 0.1) is 17.9 Å². The Morgan fingerprint density at radius 1 is 1.19 bits per heavy atom. The predicted molar refractivity (Wildman–Crippen MR) is 105 cm³/mol. The first kappa shape index (κ1) is 22.8. The van der Waals surface area contributed by atoms with E-state index in [0.717, 1.165) is 6.07 Å². The van der Waals surface area contributed by atoms with E-state index < -0.39 is 29.5 Å². The standard InChI is InChI=1S/C18H16ClFN2O4.BrH/c1-2-26-18(25)15(21)17(24)22-14-8-7-10(19)9-12(14)16(23)11-5-3-4-6-13(11)20;/h3-9,15H,2,21H2,1H3,(H,22,24);1H. The van der Waals surface area contributed by atoms with Gasteiger partial charge in [-0.25, -0.2) is 9.18 Å². The number of anilines is 1. The van der Waals surface area contributed by atoms with E-state index in [1.165, 1.54) is 36.4 Å². The summed E-state index contributed by atoms with van der Waals surface area (Å²) in [6.45, 7) is 1.64. The van der Waals surface area contributed by atoms with Crippen molar-refractivity contribution in [2.24, 2.45) is 5.73 Å². The number of benzene rings is 2. The molecule has 2 aromatic carbocycles. The van der Waals surface area contributed by atoms with Crippen LogP contribution in [0.15, 0.2) is 42.5 Å². The second-order valence-electron chi connectivity index (χ2n) is 5.22. The summed E-state index contributed by atoms with van der Waals surface area (Å²) >= 11 is 5.92. The van der Waals surface area contributed by atoms with Crippen LogP contribution < -0.4 is 11.1 Å². The Hall–Kier alpha value is -2.29. The lowest BCUT2D eigenvalue weighted by atomic mass is 10.0. The molecule has 0 bridgehead atoms. The van der Waals surface area contributed by atoms with Gasteiger partial charge in [-0.05, 0) is 37.3 Å². The first-order valence-corrected chi connectivity index (χ1v) is 8.04. The molecule has 3 N–H and O–H groups in total. The lowest BCUT2D eigenvalue weighted by Crippen LogP contribution is -2.43. The number of carbonyl (C=O) groups excluding carboxylic acids is 3. The SMILES string of the molecule is Br.CCOC(=O)C(N)C(=O)Nc1ccc(Cl)cc1C(=O)c1ccccc1F. The first-order valence-electron chi connectivity index (χ1n) is 7.67. The van der Waals surface area contributed by atoms with Gasteiger partial charge in [-0.1, -0.05) is 23.7 Å². The molecule has 0 aromatic heterocycles. The van der Waals surface area contributed by atoms with Gasteiger partial charge in [-0.2, -0.15) is 0 Å². The van der Waals surface area contributed by atoms with Gasteiger partial charge in [-0.15, -0.1) is 17.0 Å². The number of nitrogens with two attached hydrogens (primary N) is 1. The van der Waals surface area contributed by atoms with E-state index in [9.17, 15) is 18.8 Å². The van der Waals surface area contributed by atoms with E-state index in [1.54, 1.807) is 6.92 Å². The molecular formula is C18H17BrClFN2O4. The zero-order chi connectivity index (χ0) is 19.3. The quantitative estimate of drug-likeness (QED) is 0.393. The topological polar surface area (TPSA) is 98.5 Å². The maximum absolute atomic E-state index is 13.9. The molecule has 0 saturated heterocycles. The molecule has 2 aromatic rings. The maximum atomic E-state index is 13.9. The minimum atomic E-state index is -1.57. The Morgan fingerprint density at radius 2 is 1.85 bits per heavy atom. The van der Waals surface area contributed by atoms with E-state index in [2.05, 4.69) is 10.1 Å². The molecule has 0 aliphatic carbocycles. The summed E-state index contributed by atoms with van der Waals surface area (Å²) in [4.78, 5) is 36.4. The molecule has 0 saturated carbocycles. The summed E-state index contributed by atoms with van der Waals surface area (Å²) < 4.78 is 18.6. The van der Waals surface area contributed by atoms with E-state index in [1.807, 2.05) is 0 Å². The van der Waals surface area contributed by atoms with Crippen LogP contribution in [-0.2, 0) is 14.3 Å². The number of esters is 1. The number of ketones is 1. The average Bonchev–Trinajstić information content (AvgIpc) is 2.62. The molecule has 0 radical (unpaired) electrons. The molecule has 27 heavy (non-hydrogen) atoms. The Balaban J connectivity index is 0.00000364. The van der Waals surface area contributed by atoms with Gasteiger partial charge in [0, 0.05) is 10.6 Å². The molecule has 0 heterocycles. The summed E-state index contributed by atoms with van der Waals surface area (Å²) in [6.07, 6.45) is 0. The molecular weight excluding hydrogens is 443 g/mol. The van der Waals surface area contributed by atoms with Crippen LogP contribution in [0.25, 0.3) is 0 Å². The van der Waals surface area contributed by atoms with Crippen LogP contribution >= 0.6 is 28.6 Å². The number of rotatable bonds is 6. The van der Waals surface area contributed by atoms with Crippen molar-refractivity contribution in [2.75, 3.05) is 11.9 Å². The number of ether oxygens (including phenoxy) is 1. The number of hydrogen-bond acceptors (Lipinski definition) is 5. The molecule has 144 valence electrons. The fraction of sp³-hybridized carbons (Fsp3) is 0.167. The summed E-state index contributed by atoms with van der Waals surface area (Å²) in [5.41, 5.74) is 5.36. The molecule has 6 nitrogen and oxygen atoms in total. The lowest BCUT2D eigenvalue weighted by Gasteiger charge is -2.14. The van der Waals surface area contributed by atoms with Crippen LogP contribution in [0.5, 0.6) is 0 Å². The number of amides is 1. The molecule has 2 rings (SSSR count). The molecule has 1 amide bonds. The van der Waals surface area contributed by atoms with Crippen molar-refractivity contribution >= 4 is 51.9 Å². The zero-order valence-corrected chi connectivity index (χ0v) is 16.7. The summed E-state index contributed by atoms with van der Waals surface area (Å²) in [6, 6.07) is 7.95. The maximum Gasteiger partial charge on any atom is 0.332 e. The van der Waals surface area contributed by atoms with E-state index in [-0.39, 0.29) is 45.4 Å². The van der Waals surface area contributed by atoms with Crippen molar-refractivity contribution in [2.45, 2.75) is 13.0 Å². The second-order valence-corrected chi connectivity index (χ2v) is 5.65. The highest BCUT2D eigenvalue weighted by atomic mass is 79.9. The van der Waals surface area contributed by atoms with Crippen molar-refractivity contribution in [3.63, 3.8) is 0 Å². The van der Waals surface area contributed by atoms with Crippen molar-refractivity contribution in [3.05, 3.63) is 64.4 Å². The molecule has 9 heteroatoms. The minimum Gasteiger partial charge on any atom is -0.464 e.